The van der Waals surface area contributed by atoms with Gasteiger partial charge in [0.1, 0.15) is 11.6 Å². The van der Waals surface area contributed by atoms with Crippen LogP contribution in [0.4, 0.5) is 8.78 Å². The normalized spacial score (nSPS) is 12.8. The Hall–Kier alpha value is -1.98. The van der Waals surface area contributed by atoms with Crippen LogP contribution in [-0.4, -0.2) is 17.0 Å². The minimum Gasteiger partial charge on any atom is -0.481 e. The number of hydrogen-bond acceptors (Lipinski definition) is 2. The molecule has 0 saturated carbocycles. The molecule has 1 rings (SSSR count). The van der Waals surface area contributed by atoms with E-state index in [2.05, 4.69) is 5.32 Å². The second-order valence-corrected chi connectivity index (χ2v) is 6.11. The minimum atomic E-state index is -0.977. The molecule has 4 nitrogen and oxygen atoms in total. The second-order valence-electron chi connectivity index (χ2n) is 6.11. The highest BCUT2D eigenvalue weighted by molar-refractivity contribution is 5.78. The molecule has 0 spiro atoms. The Morgan fingerprint density at radius 2 is 1.91 bits per heavy atom. The van der Waals surface area contributed by atoms with Gasteiger partial charge in [-0.2, -0.15) is 0 Å². The van der Waals surface area contributed by atoms with E-state index in [1.807, 2.05) is 0 Å². The van der Waals surface area contributed by atoms with Crippen LogP contribution >= 0.6 is 0 Å². The summed E-state index contributed by atoms with van der Waals surface area (Å²) in [6, 6.07) is 2.65. The number of carboxylic acids is 1. The fraction of sp³-hybridized carbons (Fsp3) is 0.500. The van der Waals surface area contributed by atoms with Gasteiger partial charge in [0, 0.05) is 18.1 Å². The molecule has 0 bridgehead atoms. The van der Waals surface area contributed by atoms with Gasteiger partial charge in [-0.1, -0.05) is 26.8 Å². The zero-order valence-corrected chi connectivity index (χ0v) is 13.0. The topological polar surface area (TPSA) is 66.4 Å². The third-order valence-electron chi connectivity index (χ3n) is 3.35. The van der Waals surface area contributed by atoms with Crippen molar-refractivity contribution in [3.8, 4) is 0 Å². The van der Waals surface area contributed by atoms with Gasteiger partial charge in [0.15, 0.2) is 0 Å². The lowest BCUT2D eigenvalue weighted by Crippen LogP contribution is -2.33. The second kappa shape index (κ2) is 7.33. The molecule has 0 fully saturated rings. The third kappa shape index (κ3) is 5.42. The summed E-state index contributed by atoms with van der Waals surface area (Å²) < 4.78 is 26.7. The predicted molar refractivity (Wildman–Crippen MR) is 78.2 cm³/mol. The van der Waals surface area contributed by atoms with Gasteiger partial charge in [-0.25, -0.2) is 8.78 Å². The highest BCUT2D eigenvalue weighted by atomic mass is 19.1. The van der Waals surface area contributed by atoms with Gasteiger partial charge < -0.3 is 10.4 Å². The summed E-state index contributed by atoms with van der Waals surface area (Å²) in [6.07, 6.45) is 0.314. The maximum atomic E-state index is 13.8. The quantitative estimate of drug-likeness (QED) is 0.810. The zero-order valence-electron chi connectivity index (χ0n) is 13.0. The number of nitrogens with one attached hydrogen (secondary N) is 1. The largest absolute Gasteiger partial charge is 0.481 e. The number of benzene rings is 1. The van der Waals surface area contributed by atoms with Crippen molar-refractivity contribution < 1.29 is 23.5 Å². The first-order chi connectivity index (χ1) is 10.1. The van der Waals surface area contributed by atoms with Gasteiger partial charge >= 0.3 is 5.97 Å². The van der Waals surface area contributed by atoms with E-state index >= 15 is 0 Å². The Kier molecular flexibility index (Phi) is 6.02. The standard InChI is InChI=1S/C16H21F2NO3/c1-4-13(11-6-5-10(17)7-12(11)18)19-14(20)8-16(2,3)9-15(21)22/h5-7,13H,4,8-9H2,1-3H3,(H,19,20)(H,21,22). The van der Waals surface area contributed by atoms with Crippen LogP contribution in [0.2, 0.25) is 0 Å². The fourth-order valence-electron chi connectivity index (χ4n) is 2.34. The Bertz CT molecular complexity index is 558. The highest BCUT2D eigenvalue weighted by Gasteiger charge is 2.26. The molecule has 1 atom stereocenters. The van der Waals surface area contributed by atoms with E-state index in [1.54, 1.807) is 20.8 Å². The van der Waals surface area contributed by atoms with Crippen LogP contribution in [0.5, 0.6) is 0 Å². The Labute approximate surface area is 128 Å². The van der Waals surface area contributed by atoms with Crippen molar-refractivity contribution in [1.29, 1.82) is 0 Å². The summed E-state index contributed by atoms with van der Waals surface area (Å²) in [4.78, 5) is 22.8. The zero-order chi connectivity index (χ0) is 16.9. The van der Waals surface area contributed by atoms with Gasteiger partial charge in [-0.15, -0.1) is 0 Å². The molecule has 22 heavy (non-hydrogen) atoms. The average Bonchev–Trinajstić information content (AvgIpc) is 2.34. The molecular weight excluding hydrogens is 292 g/mol. The predicted octanol–water partition coefficient (Wildman–Crippen LogP) is 3.42. The van der Waals surface area contributed by atoms with Crippen molar-refractivity contribution >= 4 is 11.9 Å². The number of halogens is 2. The summed E-state index contributed by atoms with van der Waals surface area (Å²) >= 11 is 0. The lowest BCUT2D eigenvalue weighted by molar-refractivity contribution is -0.139. The molecule has 2 N–H and O–H groups in total. The van der Waals surface area contributed by atoms with Gasteiger partial charge in [0.05, 0.1) is 12.5 Å². The number of amides is 1. The van der Waals surface area contributed by atoms with Crippen LogP contribution in [0, 0.1) is 17.0 Å². The summed E-state index contributed by atoms with van der Waals surface area (Å²) in [5, 5.41) is 11.5. The number of carbonyl (C=O) groups excluding carboxylic acids is 1. The van der Waals surface area contributed by atoms with Crippen molar-refractivity contribution in [2.75, 3.05) is 0 Å². The fourth-order valence-corrected chi connectivity index (χ4v) is 2.34. The van der Waals surface area contributed by atoms with Gasteiger partial charge in [0.2, 0.25) is 5.91 Å². The molecule has 1 unspecified atom stereocenters. The molecule has 1 amide bonds. The maximum Gasteiger partial charge on any atom is 0.303 e. The van der Waals surface area contributed by atoms with Crippen LogP contribution in [-0.2, 0) is 9.59 Å². The van der Waals surface area contributed by atoms with E-state index in [1.165, 1.54) is 6.07 Å². The summed E-state index contributed by atoms with van der Waals surface area (Å²) in [7, 11) is 0. The molecule has 0 aliphatic heterocycles. The van der Waals surface area contributed by atoms with E-state index in [-0.39, 0.29) is 24.3 Å². The molecule has 0 radical (unpaired) electrons. The van der Waals surface area contributed by atoms with Crippen LogP contribution in [0.15, 0.2) is 18.2 Å². The van der Waals surface area contributed by atoms with Crippen LogP contribution in [0.25, 0.3) is 0 Å². The summed E-state index contributed by atoms with van der Waals surface area (Å²) in [5.74, 6) is -2.72. The van der Waals surface area contributed by atoms with Gasteiger partial charge in [-0.3, -0.25) is 9.59 Å². The van der Waals surface area contributed by atoms with E-state index in [9.17, 15) is 18.4 Å². The van der Waals surface area contributed by atoms with Crippen LogP contribution in [0.1, 0.15) is 51.6 Å². The Morgan fingerprint density at radius 3 is 2.41 bits per heavy atom. The molecular formula is C16H21F2NO3. The first kappa shape index (κ1) is 18.1. The van der Waals surface area contributed by atoms with Crippen molar-refractivity contribution in [1.82, 2.24) is 5.32 Å². The van der Waals surface area contributed by atoms with E-state index < -0.39 is 29.1 Å². The SMILES string of the molecule is CCC(NC(=O)CC(C)(C)CC(=O)O)c1ccc(F)cc1F. The smallest absolute Gasteiger partial charge is 0.303 e. The summed E-state index contributed by atoms with van der Waals surface area (Å²) in [6.45, 7) is 5.14. The molecule has 0 aliphatic carbocycles. The minimum absolute atomic E-state index is 0.0125. The number of aliphatic carboxylic acids is 1. The molecule has 0 saturated heterocycles. The van der Waals surface area contributed by atoms with E-state index in [0.717, 1.165) is 12.1 Å². The molecule has 0 heterocycles. The molecule has 1 aromatic carbocycles. The highest BCUT2D eigenvalue weighted by Crippen LogP contribution is 2.26. The lowest BCUT2D eigenvalue weighted by atomic mass is 9.85. The molecule has 122 valence electrons. The van der Waals surface area contributed by atoms with Crippen molar-refractivity contribution in [2.24, 2.45) is 5.41 Å². The molecule has 1 aromatic rings. The Morgan fingerprint density at radius 1 is 1.27 bits per heavy atom. The number of hydrogen-bond donors (Lipinski definition) is 2. The molecule has 0 aromatic heterocycles. The molecule has 0 aliphatic rings. The number of carbonyl (C=O) groups is 2. The van der Waals surface area contributed by atoms with Crippen LogP contribution < -0.4 is 5.32 Å². The van der Waals surface area contributed by atoms with Crippen molar-refractivity contribution in [3.63, 3.8) is 0 Å². The van der Waals surface area contributed by atoms with Crippen molar-refractivity contribution in [2.45, 2.75) is 46.1 Å². The third-order valence-corrected chi connectivity index (χ3v) is 3.35. The number of carboxylic acid groups (broad SMARTS) is 1. The van der Waals surface area contributed by atoms with Crippen LogP contribution in [0.3, 0.4) is 0 Å². The first-order valence-corrected chi connectivity index (χ1v) is 7.10. The molecule has 6 heteroatoms. The maximum absolute atomic E-state index is 13.8. The Balaban J connectivity index is 2.77. The van der Waals surface area contributed by atoms with Crippen molar-refractivity contribution in [3.05, 3.63) is 35.4 Å². The number of rotatable bonds is 7. The summed E-state index contributed by atoms with van der Waals surface area (Å²) in [5.41, 5.74) is -0.483. The monoisotopic (exact) mass is 313 g/mol. The first-order valence-electron chi connectivity index (χ1n) is 7.10. The van der Waals surface area contributed by atoms with E-state index in [0.29, 0.717) is 6.42 Å². The average molecular weight is 313 g/mol. The van der Waals surface area contributed by atoms with Gasteiger partial charge in [0.25, 0.3) is 0 Å². The van der Waals surface area contributed by atoms with E-state index in [4.69, 9.17) is 5.11 Å². The van der Waals surface area contributed by atoms with Gasteiger partial charge in [-0.05, 0) is 17.9 Å². The lowest BCUT2D eigenvalue weighted by Gasteiger charge is -2.24.